The number of nitrogen functional groups attached to an aromatic ring is 1. The number of anilines is 1. The Hall–Kier alpha value is -1.32. The predicted octanol–water partition coefficient (Wildman–Crippen LogP) is -0.554. The molecule has 0 aliphatic carbocycles. The first kappa shape index (κ1) is 18.0. The Bertz CT molecular complexity index is 527. The van der Waals surface area contributed by atoms with Gasteiger partial charge in [0.2, 0.25) is 5.91 Å². The number of ether oxygens (including phenoxy) is 1. The molecule has 23 heavy (non-hydrogen) atoms. The number of benzene rings is 1. The maximum Gasteiger partial charge on any atom is 0.217 e. The predicted molar refractivity (Wildman–Crippen MR) is 87.5 cm³/mol. The van der Waals surface area contributed by atoms with Crippen LogP contribution in [0.2, 0.25) is 0 Å². The van der Waals surface area contributed by atoms with Crippen molar-refractivity contribution in [2.75, 3.05) is 12.3 Å². The van der Waals surface area contributed by atoms with Gasteiger partial charge in [0.25, 0.3) is 0 Å². The topological polar surface area (TPSA) is 125 Å². The molecular weight excluding hydrogens is 320 g/mol. The molecule has 1 aromatic rings. The van der Waals surface area contributed by atoms with Crippen molar-refractivity contribution in [2.24, 2.45) is 0 Å². The number of carbonyl (C=O) groups excluding carboxylic acids is 1. The fourth-order valence-electron chi connectivity index (χ4n) is 2.41. The van der Waals surface area contributed by atoms with Gasteiger partial charge in [0.15, 0.2) is 0 Å². The van der Waals surface area contributed by atoms with E-state index in [4.69, 9.17) is 10.5 Å². The van der Waals surface area contributed by atoms with Gasteiger partial charge in [0, 0.05) is 18.4 Å². The van der Waals surface area contributed by atoms with Crippen molar-refractivity contribution in [1.82, 2.24) is 5.32 Å². The summed E-state index contributed by atoms with van der Waals surface area (Å²) >= 11 is 1.37. The van der Waals surface area contributed by atoms with Crippen molar-refractivity contribution < 1.29 is 24.9 Å². The average molecular weight is 342 g/mol. The minimum Gasteiger partial charge on any atom is -0.399 e. The van der Waals surface area contributed by atoms with E-state index in [-0.39, 0.29) is 5.91 Å². The van der Waals surface area contributed by atoms with E-state index >= 15 is 0 Å². The molecule has 6 N–H and O–H groups in total. The number of aliphatic hydroxyl groups is 3. The highest BCUT2D eigenvalue weighted by molar-refractivity contribution is 7.99. The molecule has 0 radical (unpaired) electrons. The molecule has 1 fully saturated rings. The lowest BCUT2D eigenvalue weighted by atomic mass is 9.98. The molecule has 128 valence electrons. The minimum absolute atomic E-state index is 0.328. The van der Waals surface area contributed by atoms with Gasteiger partial charge in [-0.3, -0.25) is 4.79 Å². The average Bonchev–Trinajstić information content (AvgIpc) is 2.52. The van der Waals surface area contributed by atoms with Crippen LogP contribution in [0, 0.1) is 0 Å². The van der Waals surface area contributed by atoms with Crippen LogP contribution < -0.4 is 11.1 Å². The second-order valence-corrected chi connectivity index (χ2v) is 6.57. The molecule has 1 aromatic carbocycles. The molecule has 2 rings (SSSR count). The van der Waals surface area contributed by atoms with Crippen molar-refractivity contribution in [1.29, 1.82) is 0 Å². The third-order valence-electron chi connectivity index (χ3n) is 3.64. The van der Waals surface area contributed by atoms with E-state index in [2.05, 4.69) is 5.32 Å². The Labute approximate surface area is 138 Å². The van der Waals surface area contributed by atoms with Crippen LogP contribution in [0.25, 0.3) is 0 Å². The SMILES string of the molecule is CC(=O)NC1C(SCc2ccc(N)cc2)OC(CO)C(O)C1O. The summed E-state index contributed by atoms with van der Waals surface area (Å²) < 4.78 is 5.64. The van der Waals surface area contributed by atoms with Crippen molar-refractivity contribution >= 4 is 23.4 Å². The van der Waals surface area contributed by atoms with Crippen molar-refractivity contribution in [3.8, 4) is 0 Å². The normalized spacial score (nSPS) is 30.9. The molecule has 1 saturated heterocycles. The van der Waals surface area contributed by atoms with E-state index in [1.807, 2.05) is 12.1 Å². The van der Waals surface area contributed by atoms with Crippen molar-refractivity contribution in [2.45, 2.75) is 42.5 Å². The van der Waals surface area contributed by atoms with Crippen molar-refractivity contribution in [3.63, 3.8) is 0 Å². The van der Waals surface area contributed by atoms with E-state index in [1.165, 1.54) is 18.7 Å². The number of nitrogens with one attached hydrogen (secondary N) is 1. The largest absolute Gasteiger partial charge is 0.399 e. The first-order chi connectivity index (χ1) is 10.9. The lowest BCUT2D eigenvalue weighted by Gasteiger charge is -2.42. The van der Waals surface area contributed by atoms with Gasteiger partial charge in [-0.1, -0.05) is 12.1 Å². The first-order valence-electron chi connectivity index (χ1n) is 7.28. The van der Waals surface area contributed by atoms with Gasteiger partial charge >= 0.3 is 0 Å². The molecule has 1 aliphatic heterocycles. The van der Waals surface area contributed by atoms with Gasteiger partial charge in [-0.2, -0.15) is 0 Å². The standard InChI is InChI=1S/C15H22N2O5S/c1-8(19)17-12-14(21)13(20)11(6-18)22-15(12)23-7-9-2-4-10(16)5-3-9/h2-5,11-15,18,20-21H,6-7,16H2,1H3,(H,17,19). The molecule has 1 heterocycles. The minimum atomic E-state index is -1.26. The molecule has 1 amide bonds. The van der Waals surface area contributed by atoms with E-state index in [0.717, 1.165) is 5.56 Å². The van der Waals surface area contributed by atoms with Crippen LogP contribution in [0.15, 0.2) is 24.3 Å². The molecule has 8 heteroatoms. The highest BCUT2D eigenvalue weighted by Gasteiger charge is 2.44. The zero-order chi connectivity index (χ0) is 17.0. The number of aliphatic hydroxyl groups excluding tert-OH is 3. The summed E-state index contributed by atoms with van der Waals surface area (Å²) in [5.74, 6) is 0.243. The van der Waals surface area contributed by atoms with Gasteiger partial charge in [-0.25, -0.2) is 0 Å². The van der Waals surface area contributed by atoms with Gasteiger partial charge in [0.1, 0.15) is 23.7 Å². The lowest BCUT2D eigenvalue weighted by Crippen LogP contribution is -2.63. The first-order valence-corrected chi connectivity index (χ1v) is 8.33. The maximum atomic E-state index is 11.3. The summed E-state index contributed by atoms with van der Waals surface area (Å²) in [6.07, 6.45) is -3.36. The zero-order valence-corrected chi connectivity index (χ0v) is 13.6. The molecule has 5 unspecified atom stereocenters. The summed E-state index contributed by atoms with van der Waals surface area (Å²) in [7, 11) is 0. The zero-order valence-electron chi connectivity index (χ0n) is 12.8. The fourth-order valence-corrected chi connectivity index (χ4v) is 3.61. The third-order valence-corrected chi connectivity index (χ3v) is 4.88. The van der Waals surface area contributed by atoms with Gasteiger partial charge in [0.05, 0.1) is 12.6 Å². The second kappa shape index (κ2) is 7.98. The van der Waals surface area contributed by atoms with E-state index in [0.29, 0.717) is 11.4 Å². The molecule has 0 aromatic heterocycles. The fraction of sp³-hybridized carbons (Fsp3) is 0.533. The van der Waals surface area contributed by atoms with Crippen LogP contribution in [0.5, 0.6) is 0 Å². The smallest absolute Gasteiger partial charge is 0.217 e. The number of amides is 1. The van der Waals surface area contributed by atoms with Crippen LogP contribution in [0.1, 0.15) is 12.5 Å². The summed E-state index contributed by atoms with van der Waals surface area (Å²) in [5, 5.41) is 32.0. The second-order valence-electron chi connectivity index (χ2n) is 5.49. The molecular formula is C15H22N2O5S. The molecule has 1 aliphatic rings. The van der Waals surface area contributed by atoms with Crippen molar-refractivity contribution in [3.05, 3.63) is 29.8 Å². The van der Waals surface area contributed by atoms with Gasteiger partial charge in [-0.15, -0.1) is 11.8 Å². The van der Waals surface area contributed by atoms with Crippen LogP contribution in [-0.4, -0.2) is 57.6 Å². The molecule has 5 atom stereocenters. The number of nitrogens with two attached hydrogens (primary N) is 1. The third kappa shape index (κ3) is 4.58. The van der Waals surface area contributed by atoms with Crippen LogP contribution in [0.4, 0.5) is 5.69 Å². The quantitative estimate of drug-likeness (QED) is 0.455. The summed E-state index contributed by atoms with van der Waals surface area (Å²) in [4.78, 5) is 11.3. The van der Waals surface area contributed by atoms with E-state index < -0.39 is 36.4 Å². The summed E-state index contributed by atoms with van der Waals surface area (Å²) in [6, 6.07) is 6.58. The highest BCUT2D eigenvalue weighted by atomic mass is 32.2. The van der Waals surface area contributed by atoms with Crippen LogP contribution in [-0.2, 0) is 15.3 Å². The Morgan fingerprint density at radius 2 is 1.96 bits per heavy atom. The lowest BCUT2D eigenvalue weighted by molar-refractivity contribution is -0.173. The molecule has 0 bridgehead atoms. The monoisotopic (exact) mass is 342 g/mol. The van der Waals surface area contributed by atoms with E-state index in [1.54, 1.807) is 12.1 Å². The number of hydrogen-bond donors (Lipinski definition) is 5. The van der Waals surface area contributed by atoms with Gasteiger partial charge in [-0.05, 0) is 17.7 Å². The Morgan fingerprint density at radius 1 is 1.30 bits per heavy atom. The highest BCUT2D eigenvalue weighted by Crippen LogP contribution is 2.30. The summed E-state index contributed by atoms with van der Waals surface area (Å²) in [6.45, 7) is 0.920. The molecule has 0 spiro atoms. The summed E-state index contributed by atoms with van der Waals surface area (Å²) in [5.41, 5.74) is 6.73. The van der Waals surface area contributed by atoms with Gasteiger partial charge < -0.3 is 31.1 Å². The van der Waals surface area contributed by atoms with E-state index in [9.17, 15) is 20.1 Å². The Balaban J connectivity index is 2.07. The number of thioether (sulfide) groups is 1. The Morgan fingerprint density at radius 3 is 2.52 bits per heavy atom. The Kier molecular flexibility index (Phi) is 6.25. The molecule has 0 saturated carbocycles. The number of carbonyl (C=O) groups is 1. The maximum absolute atomic E-state index is 11.3. The number of rotatable bonds is 5. The molecule has 7 nitrogen and oxygen atoms in total. The number of hydrogen-bond acceptors (Lipinski definition) is 7. The van der Waals surface area contributed by atoms with Crippen LogP contribution in [0.3, 0.4) is 0 Å². The van der Waals surface area contributed by atoms with Crippen LogP contribution >= 0.6 is 11.8 Å².